The Morgan fingerprint density at radius 3 is 2.19 bits per heavy atom. The molecule has 3 amide bonds. The minimum absolute atomic E-state index is 0.0157. The Morgan fingerprint density at radius 2 is 1.50 bits per heavy atom. The highest BCUT2D eigenvalue weighted by atomic mass is 32.2. The summed E-state index contributed by atoms with van der Waals surface area (Å²) in [6, 6.07) is 15.4. The fraction of sp³-hybridized carbons (Fsp3) is 0.391. The van der Waals surface area contributed by atoms with Crippen LogP contribution in [0.4, 0.5) is 4.79 Å². The van der Waals surface area contributed by atoms with Crippen molar-refractivity contribution in [1.29, 1.82) is 0 Å². The zero-order chi connectivity index (χ0) is 22.8. The molecule has 2 aromatic rings. The Morgan fingerprint density at radius 1 is 0.844 bits per heavy atom. The average molecular weight is 459 g/mol. The molecule has 2 aromatic carbocycles. The van der Waals surface area contributed by atoms with E-state index in [1.165, 1.54) is 12.1 Å². The van der Waals surface area contributed by atoms with Gasteiger partial charge in [0.2, 0.25) is 5.91 Å². The van der Waals surface area contributed by atoms with Gasteiger partial charge in [-0.3, -0.25) is 10.2 Å². The third kappa shape index (κ3) is 7.65. The molecule has 3 rings (SSSR count). The standard InChI is InChI=1S/C23H30N4O4S/c28-22(14-11-19-7-3-1-4-8-19)24-16-15-20-9-12-21(13-10-20)32(30,31)26-23(29)25-27-17-5-2-6-18-27/h1,3-4,7-10,12-13H,2,5-6,11,14-18H2,(H,24,28)(H2,25,26,29). The molecule has 172 valence electrons. The lowest BCUT2D eigenvalue weighted by Gasteiger charge is -2.26. The van der Waals surface area contributed by atoms with Gasteiger partial charge in [0.1, 0.15) is 0 Å². The Bertz CT molecular complexity index is 988. The first-order valence-electron chi connectivity index (χ1n) is 10.9. The molecule has 0 aromatic heterocycles. The number of sulfonamides is 1. The summed E-state index contributed by atoms with van der Waals surface area (Å²) in [5.41, 5.74) is 4.60. The average Bonchev–Trinajstić information content (AvgIpc) is 2.79. The predicted octanol–water partition coefficient (Wildman–Crippen LogP) is 2.37. The van der Waals surface area contributed by atoms with E-state index >= 15 is 0 Å². The highest BCUT2D eigenvalue weighted by Gasteiger charge is 2.20. The van der Waals surface area contributed by atoms with Gasteiger partial charge in [0.15, 0.2) is 0 Å². The van der Waals surface area contributed by atoms with E-state index in [1.807, 2.05) is 35.1 Å². The van der Waals surface area contributed by atoms with Crippen LogP contribution in [0.25, 0.3) is 0 Å². The molecule has 0 saturated carbocycles. The highest BCUT2D eigenvalue weighted by Crippen LogP contribution is 2.11. The van der Waals surface area contributed by atoms with E-state index in [4.69, 9.17) is 0 Å². The number of urea groups is 1. The number of hydrogen-bond donors (Lipinski definition) is 3. The van der Waals surface area contributed by atoms with Crippen molar-refractivity contribution in [1.82, 2.24) is 20.5 Å². The van der Waals surface area contributed by atoms with Gasteiger partial charge in [-0.25, -0.2) is 22.9 Å². The van der Waals surface area contributed by atoms with Crippen LogP contribution in [0.1, 0.15) is 36.8 Å². The van der Waals surface area contributed by atoms with Crippen LogP contribution in [0.15, 0.2) is 59.5 Å². The molecule has 8 nitrogen and oxygen atoms in total. The van der Waals surface area contributed by atoms with Crippen molar-refractivity contribution in [3.8, 4) is 0 Å². The first-order valence-corrected chi connectivity index (χ1v) is 12.4. The number of aryl methyl sites for hydroxylation is 1. The molecule has 32 heavy (non-hydrogen) atoms. The maximum absolute atomic E-state index is 12.4. The maximum atomic E-state index is 12.4. The van der Waals surface area contributed by atoms with Crippen LogP contribution < -0.4 is 15.5 Å². The van der Waals surface area contributed by atoms with E-state index < -0.39 is 16.1 Å². The van der Waals surface area contributed by atoms with E-state index in [1.54, 1.807) is 17.1 Å². The zero-order valence-corrected chi connectivity index (χ0v) is 18.9. The molecule has 0 atom stereocenters. The SMILES string of the molecule is O=C(CCc1ccccc1)NCCc1ccc(S(=O)(=O)NC(=O)NN2CCCCC2)cc1. The van der Waals surface area contributed by atoms with Gasteiger partial charge in [-0.15, -0.1) is 0 Å². The van der Waals surface area contributed by atoms with Crippen molar-refractivity contribution >= 4 is 22.0 Å². The second kappa shape index (κ2) is 11.6. The molecular formula is C23H30N4O4S. The molecule has 0 unspecified atom stereocenters. The largest absolute Gasteiger partial charge is 0.356 e. The number of piperidine rings is 1. The Hall–Kier alpha value is -2.91. The number of hydrogen-bond acceptors (Lipinski definition) is 5. The lowest BCUT2D eigenvalue weighted by atomic mass is 10.1. The van der Waals surface area contributed by atoms with E-state index in [0.717, 1.165) is 30.4 Å². The molecule has 0 spiro atoms. The molecule has 1 aliphatic heterocycles. The lowest BCUT2D eigenvalue weighted by Crippen LogP contribution is -2.50. The minimum Gasteiger partial charge on any atom is -0.356 e. The second-order valence-corrected chi connectivity index (χ2v) is 9.51. The molecule has 3 N–H and O–H groups in total. The molecule has 0 radical (unpaired) electrons. The zero-order valence-electron chi connectivity index (χ0n) is 18.0. The smallest absolute Gasteiger partial charge is 0.343 e. The number of carbonyl (C=O) groups is 2. The first kappa shape index (κ1) is 23.7. The number of nitrogens with zero attached hydrogens (tertiary/aromatic N) is 1. The molecule has 1 aliphatic rings. The molecular weight excluding hydrogens is 428 g/mol. The fourth-order valence-corrected chi connectivity index (χ4v) is 4.43. The van der Waals surface area contributed by atoms with Gasteiger partial charge in [0.05, 0.1) is 4.90 Å². The van der Waals surface area contributed by atoms with Crippen molar-refractivity contribution in [3.63, 3.8) is 0 Å². The predicted molar refractivity (Wildman–Crippen MR) is 122 cm³/mol. The van der Waals surface area contributed by atoms with Gasteiger partial charge in [0.25, 0.3) is 10.0 Å². The van der Waals surface area contributed by atoms with E-state index in [-0.39, 0.29) is 10.8 Å². The van der Waals surface area contributed by atoms with E-state index in [2.05, 4.69) is 10.7 Å². The first-order chi connectivity index (χ1) is 15.4. The van der Waals surface area contributed by atoms with Crippen molar-refractivity contribution in [2.24, 2.45) is 0 Å². The van der Waals surface area contributed by atoms with E-state index in [9.17, 15) is 18.0 Å². The number of rotatable bonds is 9. The monoisotopic (exact) mass is 458 g/mol. The van der Waals surface area contributed by atoms with Gasteiger partial charge in [-0.05, 0) is 48.9 Å². The third-order valence-electron chi connectivity index (χ3n) is 5.30. The summed E-state index contributed by atoms with van der Waals surface area (Å²) in [5, 5.41) is 4.61. The molecule has 0 bridgehead atoms. The highest BCUT2D eigenvalue weighted by molar-refractivity contribution is 7.90. The van der Waals surface area contributed by atoms with Gasteiger partial charge < -0.3 is 5.32 Å². The Labute approximate surface area is 189 Å². The molecule has 1 heterocycles. The number of hydrazine groups is 1. The van der Waals surface area contributed by atoms with Crippen LogP contribution in [0.2, 0.25) is 0 Å². The summed E-state index contributed by atoms with van der Waals surface area (Å²) in [7, 11) is -3.95. The van der Waals surface area contributed by atoms with E-state index in [0.29, 0.717) is 38.9 Å². The van der Waals surface area contributed by atoms with Crippen LogP contribution in [0.5, 0.6) is 0 Å². The van der Waals surface area contributed by atoms with Crippen molar-refractivity contribution in [3.05, 3.63) is 65.7 Å². The van der Waals surface area contributed by atoms with Crippen LogP contribution in [0, 0.1) is 0 Å². The van der Waals surface area contributed by atoms with Crippen molar-refractivity contribution < 1.29 is 18.0 Å². The molecule has 1 saturated heterocycles. The summed E-state index contributed by atoms with van der Waals surface area (Å²) < 4.78 is 26.9. The Balaban J connectivity index is 1.41. The topological polar surface area (TPSA) is 108 Å². The third-order valence-corrected chi connectivity index (χ3v) is 6.64. The normalized spacial score (nSPS) is 14.5. The summed E-state index contributed by atoms with van der Waals surface area (Å²) in [6.07, 6.45) is 4.76. The van der Waals surface area contributed by atoms with Crippen LogP contribution >= 0.6 is 0 Å². The summed E-state index contributed by atoms with van der Waals surface area (Å²) in [4.78, 5) is 24.0. The van der Waals surface area contributed by atoms with Crippen LogP contribution in [-0.4, -0.2) is 45.0 Å². The van der Waals surface area contributed by atoms with Gasteiger partial charge in [-0.2, -0.15) is 0 Å². The van der Waals surface area contributed by atoms with Crippen LogP contribution in [0.3, 0.4) is 0 Å². The minimum atomic E-state index is -3.95. The number of benzene rings is 2. The maximum Gasteiger partial charge on any atom is 0.343 e. The molecule has 1 fully saturated rings. The van der Waals surface area contributed by atoms with Gasteiger partial charge >= 0.3 is 6.03 Å². The number of amides is 3. The van der Waals surface area contributed by atoms with Crippen molar-refractivity contribution in [2.75, 3.05) is 19.6 Å². The summed E-state index contributed by atoms with van der Waals surface area (Å²) in [5.74, 6) is -0.0167. The Kier molecular flexibility index (Phi) is 8.64. The number of carbonyl (C=O) groups excluding carboxylic acids is 2. The summed E-state index contributed by atoms with van der Waals surface area (Å²) in [6.45, 7) is 1.89. The fourth-order valence-electron chi connectivity index (χ4n) is 3.53. The molecule has 9 heteroatoms. The van der Waals surface area contributed by atoms with Gasteiger partial charge in [-0.1, -0.05) is 48.9 Å². The summed E-state index contributed by atoms with van der Waals surface area (Å²) >= 11 is 0. The quantitative estimate of drug-likeness (QED) is 0.535. The van der Waals surface area contributed by atoms with Crippen molar-refractivity contribution in [2.45, 2.75) is 43.4 Å². The van der Waals surface area contributed by atoms with Crippen LogP contribution in [-0.2, 0) is 27.7 Å². The lowest BCUT2D eigenvalue weighted by molar-refractivity contribution is -0.121. The van der Waals surface area contributed by atoms with Gasteiger partial charge in [0, 0.05) is 26.1 Å². The number of nitrogens with one attached hydrogen (secondary N) is 3. The molecule has 0 aliphatic carbocycles. The second-order valence-electron chi connectivity index (χ2n) is 7.82.